The predicted molar refractivity (Wildman–Crippen MR) is 70.0 cm³/mol. The van der Waals surface area contributed by atoms with Gasteiger partial charge in [0.15, 0.2) is 0 Å². The van der Waals surface area contributed by atoms with Crippen molar-refractivity contribution >= 4 is 17.3 Å². The summed E-state index contributed by atoms with van der Waals surface area (Å²) in [5.41, 5.74) is 5.26. The van der Waals surface area contributed by atoms with Crippen molar-refractivity contribution < 1.29 is 19.0 Å². The summed E-state index contributed by atoms with van der Waals surface area (Å²) in [4.78, 5) is 13.2. The maximum atomic E-state index is 11.5. The molecule has 0 saturated heterocycles. The Morgan fingerprint density at radius 2 is 1.83 bits per heavy atom. The molecule has 0 aromatic carbocycles. The molecule has 0 fully saturated rings. The van der Waals surface area contributed by atoms with Gasteiger partial charge in [0.25, 0.3) is 0 Å². The third kappa shape index (κ3) is 6.11. The highest BCUT2D eigenvalue weighted by molar-refractivity contribution is 7.13. The third-order valence-corrected chi connectivity index (χ3v) is 3.02. The molecule has 0 aliphatic heterocycles. The number of nitrogens with two attached hydrogens (primary N) is 1. The summed E-state index contributed by atoms with van der Waals surface area (Å²) in [6, 6.07) is 3.66. The van der Waals surface area contributed by atoms with Crippen LogP contribution in [0.1, 0.15) is 14.5 Å². The number of esters is 1. The molecule has 18 heavy (non-hydrogen) atoms. The minimum absolute atomic E-state index is 0.257. The fraction of sp³-hybridized carbons (Fsp3) is 0.583. The first-order valence-electron chi connectivity index (χ1n) is 5.83. The van der Waals surface area contributed by atoms with Crippen LogP contribution in [0.25, 0.3) is 0 Å². The zero-order valence-corrected chi connectivity index (χ0v) is 11.3. The van der Waals surface area contributed by atoms with E-state index in [1.165, 1.54) is 11.3 Å². The highest BCUT2D eigenvalue weighted by Crippen LogP contribution is 2.15. The smallest absolute Gasteiger partial charge is 0.348 e. The molecule has 6 heteroatoms. The molecule has 0 unspecified atom stereocenters. The third-order valence-electron chi connectivity index (χ3n) is 2.04. The van der Waals surface area contributed by atoms with Gasteiger partial charge < -0.3 is 19.9 Å². The lowest BCUT2D eigenvalue weighted by molar-refractivity contribution is 0.0159. The fourth-order valence-corrected chi connectivity index (χ4v) is 1.98. The highest BCUT2D eigenvalue weighted by atomic mass is 32.1. The standard InChI is InChI=1S/C12H19NO4S/c1-10-2-3-11(18-10)12(14)17-9-8-16-7-6-15-5-4-13/h2-3H,4-9,13H2,1H3. The zero-order chi connectivity index (χ0) is 13.2. The van der Waals surface area contributed by atoms with Gasteiger partial charge in [-0.1, -0.05) is 0 Å². The second-order valence-electron chi connectivity index (χ2n) is 3.56. The lowest BCUT2D eigenvalue weighted by Gasteiger charge is -2.05. The largest absolute Gasteiger partial charge is 0.459 e. The molecule has 102 valence electrons. The van der Waals surface area contributed by atoms with E-state index in [1.54, 1.807) is 6.07 Å². The van der Waals surface area contributed by atoms with E-state index in [-0.39, 0.29) is 12.6 Å². The van der Waals surface area contributed by atoms with Crippen LogP contribution in [-0.2, 0) is 14.2 Å². The van der Waals surface area contributed by atoms with Crippen molar-refractivity contribution in [3.63, 3.8) is 0 Å². The summed E-state index contributed by atoms with van der Waals surface area (Å²) in [5, 5.41) is 0. The maximum Gasteiger partial charge on any atom is 0.348 e. The van der Waals surface area contributed by atoms with Crippen LogP contribution in [0.2, 0.25) is 0 Å². The lowest BCUT2D eigenvalue weighted by atomic mass is 10.4. The van der Waals surface area contributed by atoms with Gasteiger partial charge in [-0.05, 0) is 19.1 Å². The molecule has 2 N–H and O–H groups in total. The number of thiophene rings is 1. The number of carbonyl (C=O) groups excluding carboxylic acids is 1. The number of hydrogen-bond acceptors (Lipinski definition) is 6. The van der Waals surface area contributed by atoms with Gasteiger partial charge in [0, 0.05) is 11.4 Å². The number of ether oxygens (including phenoxy) is 3. The van der Waals surface area contributed by atoms with Crippen molar-refractivity contribution in [1.82, 2.24) is 0 Å². The van der Waals surface area contributed by atoms with Gasteiger partial charge in [-0.25, -0.2) is 4.79 Å². The molecule has 1 aromatic heterocycles. The number of aryl methyl sites for hydroxylation is 1. The monoisotopic (exact) mass is 273 g/mol. The van der Waals surface area contributed by atoms with Gasteiger partial charge in [-0.2, -0.15) is 0 Å². The van der Waals surface area contributed by atoms with Crippen molar-refractivity contribution in [2.24, 2.45) is 5.73 Å². The summed E-state index contributed by atoms with van der Waals surface area (Å²) in [7, 11) is 0. The molecular weight excluding hydrogens is 254 g/mol. The fourth-order valence-electron chi connectivity index (χ4n) is 1.21. The Balaban J connectivity index is 1.99. The van der Waals surface area contributed by atoms with Crippen LogP contribution in [0.15, 0.2) is 12.1 Å². The average molecular weight is 273 g/mol. The molecule has 0 atom stereocenters. The van der Waals surface area contributed by atoms with Crippen LogP contribution in [0.5, 0.6) is 0 Å². The van der Waals surface area contributed by atoms with Crippen LogP contribution >= 0.6 is 11.3 Å². The topological polar surface area (TPSA) is 70.8 Å². The Hall–Kier alpha value is -0.950. The number of rotatable bonds is 9. The summed E-state index contributed by atoms with van der Waals surface area (Å²) >= 11 is 1.43. The Kier molecular flexibility index (Phi) is 7.59. The molecule has 0 spiro atoms. The average Bonchev–Trinajstić information content (AvgIpc) is 2.79. The summed E-state index contributed by atoms with van der Waals surface area (Å²) in [6.07, 6.45) is 0. The number of hydrogen-bond donors (Lipinski definition) is 1. The van der Waals surface area contributed by atoms with Crippen LogP contribution in [-0.4, -0.2) is 45.5 Å². The van der Waals surface area contributed by atoms with E-state index in [2.05, 4.69) is 0 Å². The van der Waals surface area contributed by atoms with E-state index >= 15 is 0 Å². The quantitative estimate of drug-likeness (QED) is 0.541. The minimum atomic E-state index is -0.295. The highest BCUT2D eigenvalue weighted by Gasteiger charge is 2.08. The second kappa shape index (κ2) is 9.04. The van der Waals surface area contributed by atoms with Crippen molar-refractivity contribution in [2.75, 3.05) is 39.6 Å². The predicted octanol–water partition coefficient (Wildman–Crippen LogP) is 1.21. The van der Waals surface area contributed by atoms with Gasteiger partial charge in [0.05, 0.1) is 26.4 Å². The van der Waals surface area contributed by atoms with E-state index in [1.807, 2.05) is 13.0 Å². The molecule has 1 heterocycles. The molecule has 1 rings (SSSR count). The van der Waals surface area contributed by atoms with E-state index in [0.29, 0.717) is 37.8 Å². The van der Waals surface area contributed by atoms with Crippen molar-refractivity contribution in [1.29, 1.82) is 0 Å². The molecule has 0 bridgehead atoms. The molecule has 0 aliphatic carbocycles. The van der Waals surface area contributed by atoms with Gasteiger partial charge in [-0.3, -0.25) is 0 Å². The molecule has 0 radical (unpaired) electrons. The zero-order valence-electron chi connectivity index (χ0n) is 10.5. The van der Waals surface area contributed by atoms with Crippen molar-refractivity contribution in [2.45, 2.75) is 6.92 Å². The van der Waals surface area contributed by atoms with Gasteiger partial charge in [0.2, 0.25) is 0 Å². The molecule has 0 aliphatic rings. The maximum absolute atomic E-state index is 11.5. The first kappa shape index (κ1) is 15.1. The van der Waals surface area contributed by atoms with Crippen LogP contribution in [0.3, 0.4) is 0 Å². The lowest BCUT2D eigenvalue weighted by Crippen LogP contribution is -2.14. The SMILES string of the molecule is Cc1ccc(C(=O)OCCOCCOCCN)s1. The van der Waals surface area contributed by atoms with Gasteiger partial charge in [0.1, 0.15) is 11.5 Å². The van der Waals surface area contributed by atoms with E-state index in [9.17, 15) is 4.79 Å². The van der Waals surface area contributed by atoms with Crippen molar-refractivity contribution in [3.8, 4) is 0 Å². The Morgan fingerprint density at radius 3 is 2.44 bits per heavy atom. The van der Waals surface area contributed by atoms with Crippen molar-refractivity contribution in [3.05, 3.63) is 21.9 Å². The Bertz CT molecular complexity index is 354. The summed E-state index contributed by atoms with van der Waals surface area (Å²) in [6.45, 7) is 4.62. The molecule has 0 amide bonds. The first-order valence-corrected chi connectivity index (χ1v) is 6.65. The Morgan fingerprint density at radius 1 is 1.17 bits per heavy atom. The van der Waals surface area contributed by atoms with Gasteiger partial charge in [-0.15, -0.1) is 11.3 Å². The number of carbonyl (C=O) groups is 1. The summed E-state index contributed by atoms with van der Waals surface area (Å²) in [5.74, 6) is -0.295. The molecular formula is C12H19NO4S. The second-order valence-corrected chi connectivity index (χ2v) is 4.85. The Labute approximate surface area is 111 Å². The molecule has 5 nitrogen and oxygen atoms in total. The van der Waals surface area contributed by atoms with E-state index in [4.69, 9.17) is 19.9 Å². The molecule has 1 aromatic rings. The van der Waals surface area contributed by atoms with E-state index in [0.717, 1.165) is 4.88 Å². The summed E-state index contributed by atoms with van der Waals surface area (Å²) < 4.78 is 15.4. The van der Waals surface area contributed by atoms with Crippen LogP contribution in [0, 0.1) is 6.92 Å². The molecule has 0 saturated carbocycles. The minimum Gasteiger partial charge on any atom is -0.459 e. The normalized spacial score (nSPS) is 10.6. The first-order chi connectivity index (χ1) is 8.74. The van der Waals surface area contributed by atoms with E-state index < -0.39 is 0 Å². The van der Waals surface area contributed by atoms with Gasteiger partial charge >= 0.3 is 5.97 Å². The van der Waals surface area contributed by atoms with Crippen LogP contribution in [0.4, 0.5) is 0 Å². The van der Waals surface area contributed by atoms with Crippen LogP contribution < -0.4 is 5.73 Å².